The van der Waals surface area contributed by atoms with Crippen molar-refractivity contribution >= 4 is 6.29 Å². The van der Waals surface area contributed by atoms with Crippen LogP contribution in [-0.2, 0) is 0 Å². The van der Waals surface area contributed by atoms with Crippen molar-refractivity contribution in [3.63, 3.8) is 0 Å². The average molecular weight is 210 g/mol. The highest BCUT2D eigenvalue weighted by Gasteiger charge is 2.19. The lowest BCUT2D eigenvalue weighted by atomic mass is 10.0. The van der Waals surface area contributed by atoms with E-state index in [2.05, 4.69) is 0 Å². The maximum absolute atomic E-state index is 10.9. The van der Waals surface area contributed by atoms with E-state index in [4.69, 9.17) is 9.47 Å². The van der Waals surface area contributed by atoms with Crippen LogP contribution in [0.5, 0.6) is 17.2 Å². The lowest BCUT2D eigenvalue weighted by Gasteiger charge is -2.15. The van der Waals surface area contributed by atoms with E-state index in [-0.39, 0.29) is 5.75 Å². The maximum atomic E-state index is 10.9. The number of ether oxygens (including phenoxy) is 2. The van der Waals surface area contributed by atoms with Crippen molar-refractivity contribution in [2.45, 2.75) is 13.8 Å². The van der Waals surface area contributed by atoms with Gasteiger partial charge in [0.2, 0.25) is 0 Å². The van der Waals surface area contributed by atoms with Gasteiger partial charge in [0.05, 0.1) is 19.8 Å². The molecule has 0 aliphatic carbocycles. The van der Waals surface area contributed by atoms with E-state index in [1.807, 2.05) is 0 Å². The molecule has 0 heterocycles. The minimum Gasteiger partial charge on any atom is -0.504 e. The lowest BCUT2D eigenvalue weighted by Crippen LogP contribution is -2.00. The highest BCUT2D eigenvalue weighted by molar-refractivity contribution is 5.85. The first-order chi connectivity index (χ1) is 7.08. The number of hydrogen-bond acceptors (Lipinski definition) is 4. The molecule has 0 saturated heterocycles. The van der Waals surface area contributed by atoms with Gasteiger partial charge in [-0.2, -0.15) is 0 Å². The number of aromatic hydroxyl groups is 1. The van der Waals surface area contributed by atoms with Crippen LogP contribution in [0.3, 0.4) is 0 Å². The zero-order chi connectivity index (χ0) is 11.6. The molecular formula is C11H14O4. The molecule has 0 saturated carbocycles. The Balaban J connectivity index is 3.64. The molecule has 0 atom stereocenters. The van der Waals surface area contributed by atoms with Crippen LogP contribution < -0.4 is 9.47 Å². The van der Waals surface area contributed by atoms with E-state index in [0.717, 1.165) is 0 Å². The van der Waals surface area contributed by atoms with Crippen molar-refractivity contribution in [2.24, 2.45) is 0 Å². The van der Waals surface area contributed by atoms with E-state index in [1.54, 1.807) is 13.8 Å². The van der Waals surface area contributed by atoms with Crippen molar-refractivity contribution in [3.05, 3.63) is 16.7 Å². The summed E-state index contributed by atoms with van der Waals surface area (Å²) < 4.78 is 10.1. The number of carbonyl (C=O) groups excluding carboxylic acids is 1. The summed E-state index contributed by atoms with van der Waals surface area (Å²) in [5, 5.41) is 9.79. The second-order valence-electron chi connectivity index (χ2n) is 3.20. The van der Waals surface area contributed by atoms with Gasteiger partial charge in [-0.25, -0.2) is 0 Å². The van der Waals surface area contributed by atoms with Crippen LogP contribution in [0.2, 0.25) is 0 Å². The van der Waals surface area contributed by atoms with E-state index in [1.165, 1.54) is 14.2 Å². The fourth-order valence-corrected chi connectivity index (χ4v) is 1.60. The highest BCUT2D eigenvalue weighted by Crippen LogP contribution is 2.41. The topological polar surface area (TPSA) is 55.8 Å². The first kappa shape index (κ1) is 11.4. The van der Waals surface area contributed by atoms with Crippen molar-refractivity contribution < 1.29 is 19.4 Å². The number of carbonyl (C=O) groups is 1. The Bertz CT molecular complexity index is 396. The Labute approximate surface area is 88.4 Å². The predicted molar refractivity (Wildman–Crippen MR) is 56.1 cm³/mol. The van der Waals surface area contributed by atoms with Crippen LogP contribution in [0.15, 0.2) is 0 Å². The predicted octanol–water partition coefficient (Wildman–Crippen LogP) is 1.84. The van der Waals surface area contributed by atoms with Gasteiger partial charge in [-0.1, -0.05) is 0 Å². The number of phenols is 1. The minimum absolute atomic E-state index is 0.0115. The van der Waals surface area contributed by atoms with Gasteiger partial charge in [0.25, 0.3) is 0 Å². The fraction of sp³-hybridized carbons (Fsp3) is 0.364. The van der Waals surface area contributed by atoms with Crippen LogP contribution >= 0.6 is 0 Å². The van der Waals surface area contributed by atoms with Gasteiger partial charge in [-0.3, -0.25) is 4.79 Å². The van der Waals surface area contributed by atoms with Crippen LogP contribution in [0.25, 0.3) is 0 Å². The number of benzene rings is 1. The number of rotatable bonds is 3. The normalized spacial score (nSPS) is 9.87. The maximum Gasteiger partial charge on any atom is 0.164 e. The number of aldehydes is 1. The molecule has 0 amide bonds. The van der Waals surface area contributed by atoms with Crippen LogP contribution in [-0.4, -0.2) is 25.6 Å². The highest BCUT2D eigenvalue weighted by atomic mass is 16.5. The van der Waals surface area contributed by atoms with E-state index in [9.17, 15) is 9.90 Å². The summed E-state index contributed by atoms with van der Waals surface area (Å²) in [4.78, 5) is 10.9. The van der Waals surface area contributed by atoms with Gasteiger partial charge in [-0.05, 0) is 13.8 Å². The van der Waals surface area contributed by atoms with Gasteiger partial charge in [0.15, 0.2) is 17.8 Å². The van der Waals surface area contributed by atoms with Crippen LogP contribution in [0.1, 0.15) is 21.5 Å². The Morgan fingerprint density at radius 1 is 1.07 bits per heavy atom. The first-order valence-electron chi connectivity index (χ1n) is 4.47. The van der Waals surface area contributed by atoms with Gasteiger partial charge >= 0.3 is 0 Å². The Morgan fingerprint density at radius 3 is 2.00 bits per heavy atom. The average Bonchev–Trinajstić information content (AvgIpc) is 2.23. The molecule has 0 aliphatic rings. The zero-order valence-corrected chi connectivity index (χ0v) is 9.25. The van der Waals surface area contributed by atoms with Gasteiger partial charge in [0.1, 0.15) is 5.75 Å². The van der Waals surface area contributed by atoms with Gasteiger partial charge < -0.3 is 14.6 Å². The first-order valence-corrected chi connectivity index (χ1v) is 4.47. The summed E-state index contributed by atoms with van der Waals surface area (Å²) in [6, 6.07) is 0. The summed E-state index contributed by atoms with van der Waals surface area (Å²) >= 11 is 0. The fourth-order valence-electron chi connectivity index (χ4n) is 1.60. The summed E-state index contributed by atoms with van der Waals surface area (Å²) in [7, 11) is 2.91. The van der Waals surface area contributed by atoms with Crippen molar-refractivity contribution in [1.82, 2.24) is 0 Å². The van der Waals surface area contributed by atoms with Crippen LogP contribution in [0.4, 0.5) is 0 Å². The smallest absolute Gasteiger partial charge is 0.164 e. The summed E-state index contributed by atoms with van der Waals surface area (Å²) in [5.74, 6) is 0.716. The molecule has 82 valence electrons. The van der Waals surface area contributed by atoms with E-state index in [0.29, 0.717) is 34.5 Å². The van der Waals surface area contributed by atoms with Gasteiger partial charge in [-0.15, -0.1) is 0 Å². The molecule has 0 spiro atoms. The third-order valence-electron chi connectivity index (χ3n) is 2.43. The van der Waals surface area contributed by atoms with Gasteiger partial charge in [0, 0.05) is 11.1 Å². The molecule has 4 nitrogen and oxygen atoms in total. The zero-order valence-electron chi connectivity index (χ0n) is 9.25. The van der Waals surface area contributed by atoms with Crippen LogP contribution in [0, 0.1) is 13.8 Å². The number of phenolic OH excluding ortho intramolecular Hbond substituents is 1. The van der Waals surface area contributed by atoms with Crippen molar-refractivity contribution in [1.29, 1.82) is 0 Å². The summed E-state index contributed by atoms with van der Waals surface area (Å²) in [6.45, 7) is 3.37. The molecule has 1 aromatic rings. The largest absolute Gasteiger partial charge is 0.504 e. The summed E-state index contributed by atoms with van der Waals surface area (Å²) in [5.41, 5.74) is 1.49. The quantitative estimate of drug-likeness (QED) is 0.773. The van der Waals surface area contributed by atoms with Crippen molar-refractivity contribution in [2.75, 3.05) is 14.2 Å². The molecule has 0 fully saturated rings. The summed E-state index contributed by atoms with van der Waals surface area (Å²) in [6.07, 6.45) is 0.698. The number of hydrogen-bond donors (Lipinski definition) is 1. The minimum atomic E-state index is 0.0115. The Hall–Kier alpha value is -1.71. The molecular weight excluding hydrogens is 196 g/mol. The third kappa shape index (κ3) is 1.63. The molecule has 0 aliphatic heterocycles. The molecule has 4 heteroatoms. The molecule has 0 unspecified atom stereocenters. The molecule has 1 aromatic carbocycles. The number of methoxy groups -OCH3 is 2. The molecule has 1 rings (SSSR count). The lowest BCUT2D eigenvalue weighted by molar-refractivity contribution is 0.111. The molecule has 1 N–H and O–H groups in total. The molecule has 15 heavy (non-hydrogen) atoms. The van der Waals surface area contributed by atoms with E-state index < -0.39 is 0 Å². The molecule has 0 radical (unpaired) electrons. The second-order valence-corrected chi connectivity index (χ2v) is 3.20. The van der Waals surface area contributed by atoms with Crippen molar-refractivity contribution in [3.8, 4) is 17.2 Å². The molecule has 0 aromatic heterocycles. The second kappa shape index (κ2) is 4.21. The molecule has 0 bridgehead atoms. The Kier molecular flexibility index (Phi) is 3.19. The SMILES string of the molecule is COc1c(C)c(C=O)c(OC)c(C)c1O. The van der Waals surface area contributed by atoms with E-state index >= 15 is 0 Å². The Morgan fingerprint density at radius 2 is 1.60 bits per heavy atom. The third-order valence-corrected chi connectivity index (χ3v) is 2.43. The monoisotopic (exact) mass is 210 g/mol. The standard InChI is InChI=1S/C11H14O4/c1-6-8(5-12)10(14-3)7(2)9(13)11(6)15-4/h5,13H,1-4H3.